The van der Waals surface area contributed by atoms with Gasteiger partial charge in [-0.2, -0.15) is 0 Å². The summed E-state index contributed by atoms with van der Waals surface area (Å²) in [4.78, 5) is 15.7. The summed E-state index contributed by atoms with van der Waals surface area (Å²) in [5.41, 5.74) is 6.23. The maximum atomic E-state index is 13.8. The summed E-state index contributed by atoms with van der Waals surface area (Å²) in [6, 6.07) is 4.30. The third-order valence-corrected chi connectivity index (χ3v) is 2.46. The van der Waals surface area contributed by atoms with E-state index < -0.39 is 11.7 Å². The molecule has 2 rings (SSSR count). The molecule has 1 aromatic carbocycles. The Hall–Kier alpha value is -2.17. The number of hydrogen-bond donors (Lipinski definition) is 2. The average molecular weight is 233 g/mol. The number of anilines is 1. The van der Waals surface area contributed by atoms with E-state index >= 15 is 0 Å². The third-order valence-electron chi connectivity index (χ3n) is 2.46. The van der Waals surface area contributed by atoms with Gasteiger partial charge in [0, 0.05) is 23.8 Å². The van der Waals surface area contributed by atoms with Crippen molar-refractivity contribution in [3.05, 3.63) is 35.9 Å². The molecule has 2 aromatic rings. The van der Waals surface area contributed by atoms with Crippen LogP contribution < -0.4 is 11.1 Å². The van der Waals surface area contributed by atoms with Gasteiger partial charge in [0.15, 0.2) is 0 Å². The van der Waals surface area contributed by atoms with Crippen LogP contribution in [0.5, 0.6) is 0 Å². The van der Waals surface area contributed by atoms with E-state index in [9.17, 15) is 9.18 Å². The second-order valence-corrected chi connectivity index (χ2v) is 3.58. The first-order valence-corrected chi connectivity index (χ1v) is 5.26. The molecule has 88 valence electrons. The number of nitrogens with zero attached hydrogens (tertiary/aromatic N) is 1. The highest BCUT2D eigenvalue weighted by Crippen LogP contribution is 2.25. The Balaban J connectivity index is 2.72. The van der Waals surface area contributed by atoms with Crippen molar-refractivity contribution in [3.63, 3.8) is 0 Å². The Morgan fingerprint density at radius 3 is 2.94 bits per heavy atom. The summed E-state index contributed by atoms with van der Waals surface area (Å²) in [5, 5.41) is 3.26. The predicted octanol–water partition coefficient (Wildman–Crippen LogP) is 1.71. The molecule has 0 fully saturated rings. The number of benzene rings is 1. The van der Waals surface area contributed by atoms with Crippen LogP contribution in [0, 0.1) is 5.82 Å². The Labute approximate surface area is 97.6 Å². The zero-order chi connectivity index (χ0) is 12.4. The van der Waals surface area contributed by atoms with Crippen LogP contribution in [0.4, 0.5) is 10.1 Å². The van der Waals surface area contributed by atoms with Crippen LogP contribution in [0.2, 0.25) is 0 Å². The number of halogens is 1. The fourth-order valence-electron chi connectivity index (χ4n) is 1.70. The summed E-state index contributed by atoms with van der Waals surface area (Å²) in [5.74, 6) is -0.897. The number of nitrogen functional groups attached to an aromatic ring is 1. The van der Waals surface area contributed by atoms with E-state index in [0.717, 1.165) is 0 Å². The Morgan fingerprint density at radius 2 is 2.24 bits per heavy atom. The van der Waals surface area contributed by atoms with Gasteiger partial charge < -0.3 is 11.1 Å². The molecule has 17 heavy (non-hydrogen) atoms. The zero-order valence-electron chi connectivity index (χ0n) is 9.33. The summed E-state index contributed by atoms with van der Waals surface area (Å²) in [6.07, 6.45) is 1.45. The molecule has 0 saturated heterocycles. The molecule has 1 heterocycles. The van der Waals surface area contributed by atoms with Crippen molar-refractivity contribution in [1.82, 2.24) is 10.3 Å². The van der Waals surface area contributed by atoms with Crippen molar-refractivity contribution in [2.75, 3.05) is 12.3 Å². The molecular weight excluding hydrogens is 221 g/mol. The van der Waals surface area contributed by atoms with Crippen molar-refractivity contribution in [3.8, 4) is 0 Å². The molecule has 0 bridgehead atoms. The SMILES string of the molecule is CCNC(=O)c1nccc2c(N)ccc(F)c12. The average Bonchev–Trinajstić information content (AvgIpc) is 2.34. The number of aromatic nitrogens is 1. The van der Waals surface area contributed by atoms with Gasteiger partial charge >= 0.3 is 0 Å². The third kappa shape index (κ3) is 1.91. The first-order chi connectivity index (χ1) is 8.15. The number of nitrogens with one attached hydrogen (secondary N) is 1. The zero-order valence-corrected chi connectivity index (χ0v) is 9.33. The topological polar surface area (TPSA) is 68.0 Å². The summed E-state index contributed by atoms with van der Waals surface area (Å²) in [7, 11) is 0. The van der Waals surface area contributed by atoms with E-state index in [0.29, 0.717) is 17.6 Å². The van der Waals surface area contributed by atoms with Crippen molar-refractivity contribution < 1.29 is 9.18 Å². The minimum absolute atomic E-state index is 0.0640. The molecule has 0 aliphatic carbocycles. The van der Waals surface area contributed by atoms with Gasteiger partial charge in [0.1, 0.15) is 11.5 Å². The monoisotopic (exact) mass is 233 g/mol. The van der Waals surface area contributed by atoms with Crippen LogP contribution in [0.25, 0.3) is 10.8 Å². The first-order valence-electron chi connectivity index (χ1n) is 5.26. The lowest BCUT2D eigenvalue weighted by molar-refractivity contribution is 0.0952. The summed E-state index contributed by atoms with van der Waals surface area (Å²) in [6.45, 7) is 2.24. The molecule has 0 saturated carbocycles. The van der Waals surface area contributed by atoms with E-state index in [1.165, 1.54) is 18.3 Å². The molecule has 0 spiro atoms. The standard InChI is InChI=1S/C12H12FN3O/c1-2-15-12(17)11-10-7(5-6-16-11)9(14)4-3-8(10)13/h3-6H,2,14H2,1H3,(H,15,17). The number of carbonyl (C=O) groups is 1. The van der Waals surface area contributed by atoms with Gasteiger partial charge in [-0.1, -0.05) is 0 Å². The number of fused-ring (bicyclic) bond motifs is 1. The van der Waals surface area contributed by atoms with Crippen molar-refractivity contribution in [2.45, 2.75) is 6.92 Å². The predicted molar refractivity (Wildman–Crippen MR) is 64.1 cm³/mol. The molecule has 1 aromatic heterocycles. The highest BCUT2D eigenvalue weighted by molar-refractivity contribution is 6.08. The normalized spacial score (nSPS) is 10.5. The molecule has 0 unspecified atom stereocenters. The molecule has 0 radical (unpaired) electrons. The largest absolute Gasteiger partial charge is 0.398 e. The molecule has 0 aliphatic heterocycles. The van der Waals surface area contributed by atoms with Crippen molar-refractivity contribution in [2.24, 2.45) is 0 Å². The minimum atomic E-state index is -0.497. The Kier molecular flexibility index (Phi) is 2.91. The highest BCUT2D eigenvalue weighted by Gasteiger charge is 2.15. The highest BCUT2D eigenvalue weighted by atomic mass is 19.1. The van der Waals surface area contributed by atoms with Gasteiger partial charge in [-0.05, 0) is 25.1 Å². The smallest absolute Gasteiger partial charge is 0.270 e. The minimum Gasteiger partial charge on any atom is -0.398 e. The van der Waals surface area contributed by atoms with Crippen LogP contribution in [0.1, 0.15) is 17.4 Å². The van der Waals surface area contributed by atoms with Gasteiger partial charge in [-0.15, -0.1) is 0 Å². The van der Waals surface area contributed by atoms with E-state index in [2.05, 4.69) is 10.3 Å². The maximum Gasteiger partial charge on any atom is 0.270 e. The second-order valence-electron chi connectivity index (χ2n) is 3.58. The van der Waals surface area contributed by atoms with Gasteiger partial charge in [-0.25, -0.2) is 4.39 Å². The van der Waals surface area contributed by atoms with Gasteiger partial charge in [0.2, 0.25) is 0 Å². The van der Waals surface area contributed by atoms with Gasteiger partial charge in [0.25, 0.3) is 5.91 Å². The Morgan fingerprint density at radius 1 is 1.47 bits per heavy atom. The Bertz CT molecular complexity index is 583. The number of carbonyl (C=O) groups excluding carboxylic acids is 1. The summed E-state index contributed by atoms with van der Waals surface area (Å²) >= 11 is 0. The van der Waals surface area contributed by atoms with Crippen molar-refractivity contribution in [1.29, 1.82) is 0 Å². The molecule has 5 heteroatoms. The van der Waals surface area contributed by atoms with Crippen LogP contribution in [-0.4, -0.2) is 17.4 Å². The van der Waals surface area contributed by atoms with E-state index in [1.54, 1.807) is 13.0 Å². The fourth-order valence-corrected chi connectivity index (χ4v) is 1.70. The molecule has 3 N–H and O–H groups in total. The van der Waals surface area contributed by atoms with Crippen LogP contribution in [-0.2, 0) is 0 Å². The molecular formula is C12H12FN3O. The number of hydrogen-bond acceptors (Lipinski definition) is 3. The number of pyridine rings is 1. The summed E-state index contributed by atoms with van der Waals surface area (Å²) < 4.78 is 13.8. The second kappa shape index (κ2) is 4.37. The van der Waals surface area contributed by atoms with Crippen LogP contribution in [0.15, 0.2) is 24.4 Å². The van der Waals surface area contributed by atoms with Gasteiger partial charge in [0.05, 0.1) is 5.39 Å². The fraction of sp³-hybridized carbons (Fsp3) is 0.167. The lowest BCUT2D eigenvalue weighted by Gasteiger charge is -2.08. The first kappa shape index (κ1) is 11.3. The van der Waals surface area contributed by atoms with Gasteiger partial charge in [-0.3, -0.25) is 9.78 Å². The van der Waals surface area contributed by atoms with E-state index in [-0.39, 0.29) is 11.1 Å². The number of amides is 1. The van der Waals surface area contributed by atoms with Crippen LogP contribution >= 0.6 is 0 Å². The quantitative estimate of drug-likeness (QED) is 0.776. The van der Waals surface area contributed by atoms with Crippen LogP contribution in [0.3, 0.4) is 0 Å². The molecule has 0 aliphatic rings. The molecule has 1 amide bonds. The maximum absolute atomic E-state index is 13.8. The lowest BCUT2D eigenvalue weighted by Crippen LogP contribution is -2.24. The molecule has 4 nitrogen and oxygen atoms in total. The number of nitrogens with two attached hydrogens (primary N) is 1. The van der Waals surface area contributed by atoms with Crippen molar-refractivity contribution >= 4 is 22.4 Å². The molecule has 0 atom stereocenters. The lowest BCUT2D eigenvalue weighted by atomic mass is 10.1. The van der Waals surface area contributed by atoms with E-state index in [4.69, 9.17) is 5.73 Å². The number of rotatable bonds is 2. The van der Waals surface area contributed by atoms with E-state index in [1.807, 2.05) is 0 Å².